The minimum atomic E-state index is 0.400. The normalized spacial score (nSPS) is 10.1. The molecule has 0 radical (unpaired) electrons. The molecule has 0 saturated heterocycles. The minimum absolute atomic E-state index is 0.400. The topological polar surface area (TPSA) is 22.4 Å². The van der Waals surface area contributed by atoms with Gasteiger partial charge in [0.1, 0.15) is 18.1 Å². The van der Waals surface area contributed by atoms with Gasteiger partial charge in [0.2, 0.25) is 0 Å². The molecule has 0 saturated carbocycles. The predicted molar refractivity (Wildman–Crippen MR) is 54.5 cm³/mol. The molecule has 3 heteroatoms. The molecule has 0 atom stereocenters. The van der Waals surface area contributed by atoms with Crippen molar-refractivity contribution in [3.8, 4) is 5.75 Å². The molecule has 0 aliphatic carbocycles. The quantitative estimate of drug-likeness (QED) is 0.770. The third-order valence-corrected chi connectivity index (χ3v) is 2.10. The zero-order chi connectivity index (χ0) is 9.80. The number of para-hydroxylation sites is 1. The van der Waals surface area contributed by atoms with Gasteiger partial charge in [-0.2, -0.15) is 0 Å². The summed E-state index contributed by atoms with van der Waals surface area (Å²) in [5.74, 6) is 1.45. The molecule has 0 amide bonds. The summed E-state index contributed by atoms with van der Waals surface area (Å²) in [6, 6.07) is 11.0. The lowest BCUT2D eigenvalue weighted by molar-refractivity contribution is 0.270. The van der Waals surface area contributed by atoms with Gasteiger partial charge < -0.3 is 9.15 Å². The zero-order valence-electron chi connectivity index (χ0n) is 7.44. The van der Waals surface area contributed by atoms with Crippen LogP contribution in [0.1, 0.15) is 5.76 Å². The highest BCUT2D eigenvalue weighted by Gasteiger charge is 2.01. The maximum absolute atomic E-state index is 5.91. The fourth-order valence-electron chi connectivity index (χ4n) is 1.11. The molecule has 0 N–H and O–H groups in total. The number of furan rings is 1. The van der Waals surface area contributed by atoms with Crippen LogP contribution in [0, 0.1) is 0 Å². The molecule has 14 heavy (non-hydrogen) atoms. The fourth-order valence-corrected chi connectivity index (χ4v) is 1.30. The van der Waals surface area contributed by atoms with Gasteiger partial charge in [0, 0.05) is 0 Å². The molecule has 0 bridgehead atoms. The number of ether oxygens (including phenoxy) is 1. The molecule has 2 aromatic rings. The second-order valence-corrected chi connectivity index (χ2v) is 3.21. The maximum atomic E-state index is 5.91. The van der Waals surface area contributed by atoms with Crippen molar-refractivity contribution in [2.75, 3.05) is 0 Å². The van der Waals surface area contributed by atoms with E-state index in [0.29, 0.717) is 17.4 Å². The van der Waals surface area contributed by atoms with Gasteiger partial charge in [0.05, 0.1) is 11.3 Å². The van der Waals surface area contributed by atoms with Crippen LogP contribution in [-0.2, 0) is 6.61 Å². The predicted octanol–water partition coefficient (Wildman–Crippen LogP) is 3.51. The van der Waals surface area contributed by atoms with Crippen molar-refractivity contribution in [3.63, 3.8) is 0 Å². The van der Waals surface area contributed by atoms with Crippen molar-refractivity contribution in [2.24, 2.45) is 0 Å². The molecule has 72 valence electrons. The van der Waals surface area contributed by atoms with Crippen LogP contribution in [0.15, 0.2) is 47.1 Å². The van der Waals surface area contributed by atoms with E-state index in [1.165, 1.54) is 0 Å². The highest BCUT2D eigenvalue weighted by atomic mass is 35.5. The van der Waals surface area contributed by atoms with E-state index in [-0.39, 0.29) is 0 Å². The molecule has 0 unspecified atom stereocenters. The summed E-state index contributed by atoms with van der Waals surface area (Å²) in [5.41, 5.74) is 0. The van der Waals surface area contributed by atoms with Gasteiger partial charge in [-0.05, 0) is 24.3 Å². The van der Waals surface area contributed by atoms with Crippen molar-refractivity contribution in [3.05, 3.63) is 53.4 Å². The number of rotatable bonds is 3. The smallest absolute Gasteiger partial charge is 0.146 e. The van der Waals surface area contributed by atoms with Gasteiger partial charge in [-0.15, -0.1) is 0 Å². The van der Waals surface area contributed by atoms with Gasteiger partial charge in [0.15, 0.2) is 0 Å². The average Bonchev–Trinajstić information content (AvgIpc) is 2.69. The summed E-state index contributed by atoms with van der Waals surface area (Å²) in [7, 11) is 0. The number of hydrogen-bond acceptors (Lipinski definition) is 2. The van der Waals surface area contributed by atoms with Crippen molar-refractivity contribution < 1.29 is 9.15 Å². The largest absolute Gasteiger partial charge is 0.484 e. The first-order chi connectivity index (χ1) is 6.86. The summed E-state index contributed by atoms with van der Waals surface area (Å²) < 4.78 is 10.6. The molecule has 1 aromatic heterocycles. The lowest BCUT2D eigenvalue weighted by atomic mass is 10.3. The molecular weight excluding hydrogens is 200 g/mol. The Labute approximate surface area is 87.1 Å². The van der Waals surface area contributed by atoms with Crippen LogP contribution in [0.25, 0.3) is 0 Å². The minimum Gasteiger partial charge on any atom is -0.484 e. The molecule has 2 rings (SSSR count). The van der Waals surface area contributed by atoms with Gasteiger partial charge in [-0.1, -0.05) is 23.7 Å². The van der Waals surface area contributed by atoms with Crippen molar-refractivity contribution in [1.82, 2.24) is 0 Å². The number of benzene rings is 1. The first-order valence-electron chi connectivity index (χ1n) is 4.26. The summed E-state index contributed by atoms with van der Waals surface area (Å²) in [6.07, 6.45) is 1.62. The summed E-state index contributed by atoms with van der Waals surface area (Å²) in [5, 5.41) is 0.610. The van der Waals surface area contributed by atoms with E-state index in [1.54, 1.807) is 12.3 Å². The lowest BCUT2D eigenvalue weighted by Gasteiger charge is -2.05. The van der Waals surface area contributed by atoms with E-state index in [2.05, 4.69) is 0 Å². The Balaban J connectivity index is 2.02. The van der Waals surface area contributed by atoms with Crippen LogP contribution >= 0.6 is 11.6 Å². The molecule has 0 aliphatic heterocycles. The van der Waals surface area contributed by atoms with Crippen LogP contribution in [0.4, 0.5) is 0 Å². The highest BCUT2D eigenvalue weighted by molar-refractivity contribution is 6.32. The van der Waals surface area contributed by atoms with E-state index in [9.17, 15) is 0 Å². The maximum Gasteiger partial charge on any atom is 0.146 e. The van der Waals surface area contributed by atoms with Crippen molar-refractivity contribution in [2.45, 2.75) is 6.61 Å². The summed E-state index contributed by atoms with van der Waals surface area (Å²) in [4.78, 5) is 0. The molecule has 0 spiro atoms. The number of halogens is 1. The van der Waals surface area contributed by atoms with E-state index >= 15 is 0 Å². The van der Waals surface area contributed by atoms with Gasteiger partial charge in [0.25, 0.3) is 0 Å². The molecular formula is C11H9ClO2. The Bertz CT molecular complexity index is 395. The Kier molecular flexibility index (Phi) is 2.75. The average molecular weight is 209 g/mol. The Hall–Kier alpha value is -1.41. The van der Waals surface area contributed by atoms with Crippen LogP contribution in [-0.4, -0.2) is 0 Å². The molecule has 2 nitrogen and oxygen atoms in total. The second kappa shape index (κ2) is 4.20. The van der Waals surface area contributed by atoms with Crippen LogP contribution in [0.5, 0.6) is 5.75 Å². The highest BCUT2D eigenvalue weighted by Crippen LogP contribution is 2.23. The Morgan fingerprint density at radius 2 is 2.00 bits per heavy atom. The SMILES string of the molecule is Clc1ccccc1OCc1ccco1. The second-order valence-electron chi connectivity index (χ2n) is 2.80. The summed E-state index contributed by atoms with van der Waals surface area (Å²) in [6.45, 7) is 0.400. The first kappa shape index (κ1) is 9.16. The standard InChI is InChI=1S/C11H9ClO2/c12-10-5-1-2-6-11(10)14-8-9-4-3-7-13-9/h1-7H,8H2. The Morgan fingerprint density at radius 3 is 2.71 bits per heavy atom. The van der Waals surface area contributed by atoms with E-state index < -0.39 is 0 Å². The molecule has 0 fully saturated rings. The van der Waals surface area contributed by atoms with Gasteiger partial charge in [-0.3, -0.25) is 0 Å². The third-order valence-electron chi connectivity index (χ3n) is 1.79. The zero-order valence-corrected chi connectivity index (χ0v) is 8.20. The van der Waals surface area contributed by atoms with E-state index in [0.717, 1.165) is 5.76 Å². The van der Waals surface area contributed by atoms with Gasteiger partial charge in [-0.25, -0.2) is 0 Å². The molecule has 1 heterocycles. The van der Waals surface area contributed by atoms with Crippen molar-refractivity contribution >= 4 is 11.6 Å². The monoisotopic (exact) mass is 208 g/mol. The van der Waals surface area contributed by atoms with Crippen LogP contribution < -0.4 is 4.74 Å². The van der Waals surface area contributed by atoms with Crippen LogP contribution in [0.2, 0.25) is 5.02 Å². The Morgan fingerprint density at radius 1 is 1.14 bits per heavy atom. The molecule has 0 aliphatic rings. The number of hydrogen-bond donors (Lipinski definition) is 0. The third kappa shape index (κ3) is 2.09. The van der Waals surface area contributed by atoms with E-state index in [4.69, 9.17) is 20.8 Å². The van der Waals surface area contributed by atoms with E-state index in [1.807, 2.05) is 30.3 Å². The summed E-state index contributed by atoms with van der Waals surface area (Å²) >= 11 is 5.91. The van der Waals surface area contributed by atoms with Crippen molar-refractivity contribution in [1.29, 1.82) is 0 Å². The fraction of sp³-hybridized carbons (Fsp3) is 0.0909. The first-order valence-corrected chi connectivity index (χ1v) is 4.64. The van der Waals surface area contributed by atoms with Gasteiger partial charge >= 0.3 is 0 Å². The van der Waals surface area contributed by atoms with Crippen LogP contribution in [0.3, 0.4) is 0 Å². The molecule has 1 aromatic carbocycles. The lowest BCUT2D eigenvalue weighted by Crippen LogP contribution is -1.93.